The van der Waals surface area contributed by atoms with Gasteiger partial charge in [0, 0.05) is 18.8 Å². The third-order valence-electron chi connectivity index (χ3n) is 3.65. The largest absolute Gasteiger partial charge is 0.382 e. The zero-order chi connectivity index (χ0) is 14.6. The molecular formula is C14H22N2O3S. The fourth-order valence-corrected chi connectivity index (χ4v) is 3.31. The van der Waals surface area contributed by atoms with Crippen molar-refractivity contribution in [2.75, 3.05) is 12.4 Å². The highest BCUT2D eigenvalue weighted by Crippen LogP contribution is 2.24. The number of methoxy groups -OCH3 is 1. The number of nitrogens with two attached hydrogens (primary N) is 1. The smallest absolute Gasteiger partial charge is 0.213 e. The number of benzene rings is 1. The average molecular weight is 298 g/mol. The lowest BCUT2D eigenvalue weighted by Gasteiger charge is -2.29. The zero-order valence-corrected chi connectivity index (χ0v) is 12.5. The Balaban J connectivity index is 1.93. The topological polar surface area (TPSA) is 81.4 Å². The Bertz CT molecular complexity index is 528. The van der Waals surface area contributed by atoms with E-state index in [0.29, 0.717) is 17.7 Å². The minimum Gasteiger partial charge on any atom is -0.382 e. The first-order valence-corrected chi connectivity index (χ1v) is 8.56. The second kappa shape index (κ2) is 6.56. The molecule has 0 aromatic heterocycles. The maximum Gasteiger partial charge on any atom is 0.213 e. The van der Waals surface area contributed by atoms with Crippen LogP contribution in [0.4, 0.5) is 5.69 Å². The fourth-order valence-electron chi connectivity index (χ4n) is 2.66. The third kappa shape index (κ3) is 4.77. The highest BCUT2D eigenvalue weighted by atomic mass is 32.2. The van der Waals surface area contributed by atoms with Crippen LogP contribution < -0.4 is 10.5 Å². The first-order chi connectivity index (χ1) is 9.46. The molecule has 0 aliphatic heterocycles. The van der Waals surface area contributed by atoms with Crippen LogP contribution in [0.25, 0.3) is 0 Å². The number of ether oxygens (including phenoxy) is 1. The van der Waals surface area contributed by atoms with E-state index in [2.05, 4.69) is 5.32 Å². The molecule has 1 aromatic rings. The summed E-state index contributed by atoms with van der Waals surface area (Å²) >= 11 is 0. The molecule has 0 saturated heterocycles. The van der Waals surface area contributed by atoms with Crippen LogP contribution in [-0.2, 0) is 20.5 Å². The van der Waals surface area contributed by atoms with Gasteiger partial charge in [-0.3, -0.25) is 0 Å². The molecule has 2 rings (SSSR count). The Morgan fingerprint density at radius 3 is 2.60 bits per heavy atom. The summed E-state index contributed by atoms with van der Waals surface area (Å²) in [5.41, 5.74) is 1.71. The Hall–Kier alpha value is -1.11. The van der Waals surface area contributed by atoms with Crippen molar-refractivity contribution in [2.45, 2.75) is 43.6 Å². The number of anilines is 1. The maximum absolute atomic E-state index is 11.0. The Morgan fingerprint density at radius 1 is 1.30 bits per heavy atom. The van der Waals surface area contributed by atoms with Crippen LogP contribution in [-0.4, -0.2) is 27.7 Å². The molecule has 2 unspecified atom stereocenters. The van der Waals surface area contributed by atoms with E-state index in [4.69, 9.17) is 9.88 Å². The second-order valence-electron chi connectivity index (χ2n) is 5.37. The third-order valence-corrected chi connectivity index (χ3v) is 4.39. The summed E-state index contributed by atoms with van der Waals surface area (Å²) in [4.78, 5) is 0. The van der Waals surface area contributed by atoms with Crippen molar-refractivity contribution < 1.29 is 13.2 Å². The van der Waals surface area contributed by atoms with Gasteiger partial charge in [-0.15, -0.1) is 0 Å². The van der Waals surface area contributed by atoms with E-state index in [1.807, 2.05) is 12.1 Å². The lowest BCUT2D eigenvalue weighted by molar-refractivity contribution is 0.0669. The molecule has 5 nitrogen and oxygen atoms in total. The molecular weight excluding hydrogens is 276 g/mol. The molecule has 6 heteroatoms. The summed E-state index contributed by atoms with van der Waals surface area (Å²) in [5, 5.41) is 8.50. The van der Waals surface area contributed by atoms with Gasteiger partial charge in [-0.05, 0) is 43.4 Å². The van der Waals surface area contributed by atoms with Crippen molar-refractivity contribution in [1.29, 1.82) is 0 Å². The number of hydrogen-bond acceptors (Lipinski definition) is 4. The molecule has 1 saturated carbocycles. The van der Waals surface area contributed by atoms with Crippen molar-refractivity contribution in [3.63, 3.8) is 0 Å². The van der Waals surface area contributed by atoms with Gasteiger partial charge in [0.1, 0.15) is 0 Å². The SMILES string of the molecule is COC1CCCC(Nc2ccc(CS(N)(=O)=O)cc2)C1. The predicted molar refractivity (Wildman–Crippen MR) is 79.9 cm³/mol. The van der Waals surface area contributed by atoms with Gasteiger partial charge in [0.25, 0.3) is 0 Å². The van der Waals surface area contributed by atoms with Crippen molar-refractivity contribution in [3.05, 3.63) is 29.8 Å². The maximum atomic E-state index is 11.0. The van der Waals surface area contributed by atoms with Crippen LogP contribution in [0.5, 0.6) is 0 Å². The second-order valence-corrected chi connectivity index (χ2v) is 6.98. The van der Waals surface area contributed by atoms with Crippen molar-refractivity contribution >= 4 is 15.7 Å². The minimum atomic E-state index is -3.46. The first-order valence-electron chi connectivity index (χ1n) is 6.85. The van der Waals surface area contributed by atoms with Crippen LogP contribution in [0, 0.1) is 0 Å². The summed E-state index contributed by atoms with van der Waals surface area (Å²) in [6, 6.07) is 7.80. The monoisotopic (exact) mass is 298 g/mol. The molecule has 20 heavy (non-hydrogen) atoms. The normalized spacial score (nSPS) is 23.5. The van der Waals surface area contributed by atoms with Gasteiger partial charge in [0.15, 0.2) is 0 Å². The van der Waals surface area contributed by atoms with E-state index in [9.17, 15) is 8.42 Å². The Morgan fingerprint density at radius 2 is 2.00 bits per heavy atom. The summed E-state index contributed by atoms with van der Waals surface area (Å²) < 4.78 is 27.5. The van der Waals surface area contributed by atoms with Gasteiger partial charge in [-0.2, -0.15) is 0 Å². The quantitative estimate of drug-likeness (QED) is 0.869. The number of rotatable bonds is 5. The van der Waals surface area contributed by atoms with Gasteiger partial charge in [-0.1, -0.05) is 12.1 Å². The van der Waals surface area contributed by atoms with Crippen LogP contribution in [0.15, 0.2) is 24.3 Å². The highest BCUT2D eigenvalue weighted by molar-refractivity contribution is 7.88. The van der Waals surface area contributed by atoms with Crippen molar-refractivity contribution in [1.82, 2.24) is 0 Å². The highest BCUT2D eigenvalue weighted by Gasteiger charge is 2.21. The summed E-state index contributed by atoms with van der Waals surface area (Å²) in [7, 11) is -1.71. The van der Waals surface area contributed by atoms with Crippen LogP contribution in [0.2, 0.25) is 0 Å². The molecule has 0 radical (unpaired) electrons. The van der Waals surface area contributed by atoms with E-state index in [0.717, 1.165) is 24.9 Å². The molecule has 0 bridgehead atoms. The van der Waals surface area contributed by atoms with Crippen LogP contribution in [0.3, 0.4) is 0 Å². The molecule has 3 N–H and O–H groups in total. The van der Waals surface area contributed by atoms with Gasteiger partial charge in [-0.25, -0.2) is 13.6 Å². The van der Waals surface area contributed by atoms with E-state index >= 15 is 0 Å². The van der Waals surface area contributed by atoms with Gasteiger partial charge in [0.2, 0.25) is 10.0 Å². The van der Waals surface area contributed by atoms with E-state index in [1.54, 1.807) is 19.2 Å². The zero-order valence-electron chi connectivity index (χ0n) is 11.7. The van der Waals surface area contributed by atoms with Crippen molar-refractivity contribution in [2.24, 2.45) is 5.14 Å². The van der Waals surface area contributed by atoms with Gasteiger partial charge >= 0.3 is 0 Å². The Labute approximate surface area is 120 Å². The molecule has 1 aromatic carbocycles. The molecule has 112 valence electrons. The van der Waals surface area contributed by atoms with Crippen LogP contribution in [0.1, 0.15) is 31.2 Å². The predicted octanol–water partition coefficient (Wildman–Crippen LogP) is 1.84. The average Bonchev–Trinajstić information content (AvgIpc) is 2.40. The summed E-state index contributed by atoms with van der Waals surface area (Å²) in [5.74, 6) is -0.123. The molecule has 0 spiro atoms. The van der Waals surface area contributed by atoms with Crippen molar-refractivity contribution in [3.8, 4) is 0 Å². The number of sulfonamides is 1. The standard InChI is InChI=1S/C14H22N2O3S/c1-19-14-4-2-3-13(9-14)16-12-7-5-11(6-8-12)10-20(15,17)18/h5-8,13-14,16H,2-4,9-10H2,1H3,(H2,15,17,18). The number of nitrogens with one attached hydrogen (secondary N) is 1. The lowest BCUT2D eigenvalue weighted by atomic mass is 9.92. The fraction of sp³-hybridized carbons (Fsp3) is 0.571. The summed E-state index contributed by atoms with van der Waals surface area (Å²) in [6.45, 7) is 0. The van der Waals surface area contributed by atoms with Gasteiger partial charge in [0.05, 0.1) is 11.9 Å². The first kappa shape index (κ1) is 15.3. The van der Waals surface area contributed by atoms with Gasteiger partial charge < -0.3 is 10.1 Å². The molecule has 0 heterocycles. The molecule has 2 atom stereocenters. The molecule has 1 aliphatic carbocycles. The lowest BCUT2D eigenvalue weighted by Crippen LogP contribution is -2.30. The molecule has 1 aliphatic rings. The summed E-state index contributed by atoms with van der Waals surface area (Å²) in [6.07, 6.45) is 4.78. The molecule has 1 fully saturated rings. The minimum absolute atomic E-state index is 0.123. The van der Waals surface area contributed by atoms with Crippen LogP contribution >= 0.6 is 0 Å². The molecule has 0 amide bonds. The van der Waals surface area contributed by atoms with E-state index in [1.165, 1.54) is 6.42 Å². The van der Waals surface area contributed by atoms with E-state index < -0.39 is 10.0 Å². The number of hydrogen-bond donors (Lipinski definition) is 2. The Kier molecular flexibility index (Phi) is 5.01. The number of primary sulfonamides is 1. The van der Waals surface area contributed by atoms with E-state index in [-0.39, 0.29) is 5.75 Å².